The molecule has 0 amide bonds. The maximum Gasteiger partial charge on any atom is 0.231 e. The highest BCUT2D eigenvalue weighted by atomic mass is 79.9. The number of nitrogens with zero attached hydrogens (tertiary/aromatic N) is 1. The van der Waals surface area contributed by atoms with Crippen molar-refractivity contribution >= 4 is 15.9 Å². The van der Waals surface area contributed by atoms with Crippen LogP contribution in [0.25, 0.3) is 0 Å². The number of aromatic amines is 1. The summed E-state index contributed by atoms with van der Waals surface area (Å²) in [6, 6.07) is 5.96. The standard InChI is InChI=1S/C11H9BrN2O2/c12-11-8(13-5-14-11)3-7-1-2-9-10(4-7)16-6-15-9/h1-2,4-5H,3,6H2,(H,13,14). The molecule has 1 aliphatic heterocycles. The lowest BCUT2D eigenvalue weighted by molar-refractivity contribution is 0.174. The van der Waals surface area contributed by atoms with Gasteiger partial charge in [0.1, 0.15) is 4.60 Å². The molecule has 16 heavy (non-hydrogen) atoms. The van der Waals surface area contributed by atoms with Gasteiger partial charge in [0.15, 0.2) is 11.5 Å². The summed E-state index contributed by atoms with van der Waals surface area (Å²) in [5.74, 6) is 1.63. The van der Waals surface area contributed by atoms with Crippen molar-refractivity contribution in [3.63, 3.8) is 0 Å². The third-order valence-electron chi connectivity index (χ3n) is 2.48. The van der Waals surface area contributed by atoms with Crippen molar-refractivity contribution in [3.8, 4) is 11.5 Å². The number of rotatable bonds is 2. The summed E-state index contributed by atoms with van der Waals surface area (Å²) in [4.78, 5) is 7.18. The summed E-state index contributed by atoms with van der Waals surface area (Å²) in [5, 5.41) is 0. The number of hydrogen-bond acceptors (Lipinski definition) is 3. The number of hydrogen-bond donors (Lipinski definition) is 1. The predicted molar refractivity (Wildman–Crippen MR) is 61.7 cm³/mol. The van der Waals surface area contributed by atoms with Crippen LogP contribution < -0.4 is 9.47 Å². The van der Waals surface area contributed by atoms with Gasteiger partial charge in [-0.25, -0.2) is 4.98 Å². The first-order valence-electron chi connectivity index (χ1n) is 4.89. The Bertz CT molecular complexity index is 524. The van der Waals surface area contributed by atoms with E-state index in [4.69, 9.17) is 9.47 Å². The number of fused-ring (bicyclic) bond motifs is 1. The number of nitrogens with one attached hydrogen (secondary N) is 1. The Hall–Kier alpha value is -1.49. The van der Waals surface area contributed by atoms with E-state index in [1.807, 2.05) is 18.2 Å². The molecule has 3 rings (SSSR count). The molecule has 0 atom stereocenters. The van der Waals surface area contributed by atoms with E-state index in [9.17, 15) is 0 Å². The van der Waals surface area contributed by atoms with Crippen LogP contribution in [0.3, 0.4) is 0 Å². The van der Waals surface area contributed by atoms with Crippen LogP contribution in [0.5, 0.6) is 11.5 Å². The highest BCUT2D eigenvalue weighted by Crippen LogP contribution is 2.33. The molecule has 5 heteroatoms. The Kier molecular flexibility index (Phi) is 2.32. The van der Waals surface area contributed by atoms with E-state index in [0.29, 0.717) is 6.79 Å². The molecule has 0 spiro atoms. The molecule has 0 radical (unpaired) electrons. The zero-order chi connectivity index (χ0) is 11.0. The average molecular weight is 281 g/mol. The fourth-order valence-corrected chi connectivity index (χ4v) is 2.04. The van der Waals surface area contributed by atoms with Crippen LogP contribution in [0.1, 0.15) is 11.3 Å². The van der Waals surface area contributed by atoms with Crippen LogP contribution in [-0.4, -0.2) is 16.8 Å². The van der Waals surface area contributed by atoms with Gasteiger partial charge in [-0.1, -0.05) is 6.07 Å². The van der Waals surface area contributed by atoms with Crippen molar-refractivity contribution in [2.24, 2.45) is 0 Å². The van der Waals surface area contributed by atoms with Crippen LogP contribution in [0.2, 0.25) is 0 Å². The number of halogens is 1. The molecule has 0 saturated carbocycles. The molecule has 1 aromatic carbocycles. The first-order valence-corrected chi connectivity index (χ1v) is 5.68. The maximum atomic E-state index is 5.33. The van der Waals surface area contributed by atoms with Gasteiger partial charge in [0.25, 0.3) is 0 Å². The normalized spacial score (nSPS) is 13.1. The quantitative estimate of drug-likeness (QED) is 0.920. The molecule has 0 unspecified atom stereocenters. The topological polar surface area (TPSA) is 47.1 Å². The molecule has 82 valence electrons. The SMILES string of the molecule is Brc1nc[nH]c1Cc1ccc2c(c1)OCO2. The van der Waals surface area contributed by atoms with Crippen LogP contribution in [0, 0.1) is 0 Å². The second-order valence-electron chi connectivity index (χ2n) is 3.54. The number of imidazole rings is 1. The summed E-state index contributed by atoms with van der Waals surface area (Å²) in [7, 11) is 0. The van der Waals surface area contributed by atoms with Gasteiger partial charge in [0.05, 0.1) is 12.0 Å². The predicted octanol–water partition coefficient (Wildman–Crippen LogP) is 2.49. The van der Waals surface area contributed by atoms with Crippen LogP contribution in [0.15, 0.2) is 29.1 Å². The number of ether oxygens (including phenoxy) is 2. The van der Waals surface area contributed by atoms with E-state index in [1.54, 1.807) is 6.33 Å². The van der Waals surface area contributed by atoms with Gasteiger partial charge in [-0.15, -0.1) is 0 Å². The van der Waals surface area contributed by atoms with Crippen molar-refractivity contribution in [1.82, 2.24) is 9.97 Å². The molecule has 1 N–H and O–H groups in total. The molecular formula is C11H9BrN2O2. The van der Waals surface area contributed by atoms with E-state index in [1.165, 1.54) is 0 Å². The van der Waals surface area contributed by atoms with Gasteiger partial charge in [0.2, 0.25) is 6.79 Å². The highest BCUT2D eigenvalue weighted by Gasteiger charge is 2.13. The van der Waals surface area contributed by atoms with Gasteiger partial charge < -0.3 is 14.5 Å². The first kappa shape index (κ1) is 9.72. The Morgan fingerprint density at radius 3 is 3.00 bits per heavy atom. The lowest BCUT2D eigenvalue weighted by Gasteiger charge is -2.01. The second kappa shape index (κ2) is 3.83. The Balaban J connectivity index is 1.88. The number of benzene rings is 1. The zero-order valence-electron chi connectivity index (χ0n) is 8.37. The van der Waals surface area contributed by atoms with Crippen molar-refractivity contribution < 1.29 is 9.47 Å². The Labute approximate surface area is 101 Å². The smallest absolute Gasteiger partial charge is 0.231 e. The van der Waals surface area contributed by atoms with Gasteiger partial charge in [-0.05, 0) is 33.6 Å². The summed E-state index contributed by atoms with van der Waals surface area (Å²) in [6.45, 7) is 0.312. The van der Waals surface area contributed by atoms with Crippen molar-refractivity contribution in [2.75, 3.05) is 6.79 Å². The van der Waals surface area contributed by atoms with Gasteiger partial charge in [0, 0.05) is 6.42 Å². The second-order valence-corrected chi connectivity index (χ2v) is 4.29. The van der Waals surface area contributed by atoms with E-state index < -0.39 is 0 Å². The third kappa shape index (κ3) is 1.67. The fraction of sp³-hybridized carbons (Fsp3) is 0.182. The van der Waals surface area contributed by atoms with Crippen molar-refractivity contribution in [1.29, 1.82) is 0 Å². The summed E-state index contributed by atoms with van der Waals surface area (Å²) < 4.78 is 11.4. The Morgan fingerprint density at radius 1 is 1.31 bits per heavy atom. The molecule has 1 aliphatic rings. The van der Waals surface area contributed by atoms with E-state index in [0.717, 1.165) is 33.8 Å². The molecule has 0 fully saturated rings. The highest BCUT2D eigenvalue weighted by molar-refractivity contribution is 9.10. The van der Waals surface area contributed by atoms with E-state index in [-0.39, 0.29) is 0 Å². The zero-order valence-corrected chi connectivity index (χ0v) is 9.95. The van der Waals surface area contributed by atoms with Gasteiger partial charge in [-0.3, -0.25) is 0 Å². The van der Waals surface area contributed by atoms with Crippen LogP contribution in [-0.2, 0) is 6.42 Å². The fourth-order valence-electron chi connectivity index (χ4n) is 1.68. The van der Waals surface area contributed by atoms with Crippen LogP contribution >= 0.6 is 15.9 Å². The molecule has 2 aromatic rings. The minimum absolute atomic E-state index is 0.312. The molecule has 2 heterocycles. The summed E-state index contributed by atoms with van der Waals surface area (Å²) in [5.41, 5.74) is 2.22. The molecule has 0 saturated heterocycles. The maximum absolute atomic E-state index is 5.33. The van der Waals surface area contributed by atoms with Gasteiger partial charge >= 0.3 is 0 Å². The summed E-state index contributed by atoms with van der Waals surface area (Å²) in [6.07, 6.45) is 2.46. The average Bonchev–Trinajstić information content (AvgIpc) is 2.88. The van der Waals surface area contributed by atoms with Crippen molar-refractivity contribution in [2.45, 2.75) is 6.42 Å². The molecule has 4 nitrogen and oxygen atoms in total. The molecule has 0 bridgehead atoms. The summed E-state index contributed by atoms with van der Waals surface area (Å²) >= 11 is 3.39. The molecular weight excluding hydrogens is 272 g/mol. The molecule has 1 aromatic heterocycles. The minimum atomic E-state index is 0.312. The third-order valence-corrected chi connectivity index (χ3v) is 3.17. The number of aromatic nitrogens is 2. The lowest BCUT2D eigenvalue weighted by Crippen LogP contribution is -1.93. The number of H-pyrrole nitrogens is 1. The van der Waals surface area contributed by atoms with E-state index in [2.05, 4.69) is 25.9 Å². The van der Waals surface area contributed by atoms with E-state index >= 15 is 0 Å². The first-order chi connectivity index (χ1) is 7.83. The van der Waals surface area contributed by atoms with Gasteiger partial charge in [-0.2, -0.15) is 0 Å². The Morgan fingerprint density at radius 2 is 2.19 bits per heavy atom. The van der Waals surface area contributed by atoms with Crippen LogP contribution in [0.4, 0.5) is 0 Å². The monoisotopic (exact) mass is 280 g/mol. The lowest BCUT2D eigenvalue weighted by atomic mass is 10.1. The van der Waals surface area contributed by atoms with Crippen molar-refractivity contribution in [3.05, 3.63) is 40.4 Å². The largest absolute Gasteiger partial charge is 0.454 e. The minimum Gasteiger partial charge on any atom is -0.454 e. The molecule has 0 aliphatic carbocycles.